The molecule has 1 aliphatic carbocycles. The minimum absolute atomic E-state index is 0.00298. The fourth-order valence-electron chi connectivity index (χ4n) is 4.21. The summed E-state index contributed by atoms with van der Waals surface area (Å²) in [6, 6.07) is 14.6. The van der Waals surface area contributed by atoms with E-state index in [0.717, 1.165) is 17.6 Å². The summed E-state index contributed by atoms with van der Waals surface area (Å²) in [5, 5.41) is 0. The Bertz CT molecular complexity index is 1210. The molecule has 2 aromatic carbocycles. The predicted octanol–water partition coefficient (Wildman–Crippen LogP) is 4.54. The first-order chi connectivity index (χ1) is 15.0. The van der Waals surface area contributed by atoms with Crippen LogP contribution in [-0.2, 0) is 6.42 Å². The van der Waals surface area contributed by atoms with Crippen molar-refractivity contribution in [1.82, 2.24) is 9.97 Å². The molecule has 31 heavy (non-hydrogen) atoms. The second kappa shape index (κ2) is 9.16. The van der Waals surface area contributed by atoms with Gasteiger partial charge in [0.1, 0.15) is 11.6 Å². The number of benzene rings is 2. The van der Waals surface area contributed by atoms with Gasteiger partial charge in [-0.1, -0.05) is 36.4 Å². The normalized spacial score (nSPS) is 16.1. The van der Waals surface area contributed by atoms with Crippen LogP contribution in [0.4, 0.5) is 4.39 Å². The maximum atomic E-state index is 14.6. The standard InChI is InChI=1S/C25H25FN2O3/c1-2-31-19-12-13-20(22(26)15-19)17-8-10-18(11-9-17)23-21(24(29)28-25(30)27-23)14-16-6-4-3-5-7-16/h3-8,12-13,15,18H,2,9-11,14H2,1H3,(H2,27,28,29,30). The smallest absolute Gasteiger partial charge is 0.325 e. The molecule has 3 aromatic rings. The van der Waals surface area contributed by atoms with Gasteiger partial charge in [0.05, 0.1) is 6.61 Å². The van der Waals surface area contributed by atoms with Crippen LogP contribution in [0.5, 0.6) is 5.75 Å². The van der Waals surface area contributed by atoms with E-state index in [0.29, 0.717) is 48.4 Å². The Balaban J connectivity index is 1.61. The SMILES string of the molecule is CCOc1ccc(C2=CCC(c3[nH]c(=O)[nH]c(=O)c3Cc3ccccc3)CC2)c(F)c1. The van der Waals surface area contributed by atoms with Crippen molar-refractivity contribution in [2.45, 2.75) is 38.5 Å². The Labute approximate surface area is 179 Å². The fraction of sp³-hybridized carbons (Fsp3) is 0.280. The quantitative estimate of drug-likeness (QED) is 0.615. The molecule has 0 aliphatic heterocycles. The molecule has 4 rings (SSSR count). The minimum Gasteiger partial charge on any atom is -0.494 e. The zero-order valence-electron chi connectivity index (χ0n) is 17.4. The number of halogens is 1. The van der Waals surface area contributed by atoms with Gasteiger partial charge in [0.25, 0.3) is 5.56 Å². The van der Waals surface area contributed by atoms with Crippen LogP contribution in [0.25, 0.3) is 5.57 Å². The number of nitrogens with one attached hydrogen (secondary N) is 2. The molecule has 0 radical (unpaired) electrons. The van der Waals surface area contributed by atoms with Gasteiger partial charge >= 0.3 is 5.69 Å². The van der Waals surface area contributed by atoms with Crippen molar-refractivity contribution in [2.75, 3.05) is 6.61 Å². The second-order valence-corrected chi connectivity index (χ2v) is 7.74. The Kier molecular flexibility index (Phi) is 6.16. The van der Waals surface area contributed by atoms with Gasteiger partial charge in [-0.25, -0.2) is 9.18 Å². The van der Waals surface area contributed by atoms with Gasteiger partial charge in [-0.05, 0) is 49.5 Å². The molecule has 1 atom stereocenters. The molecule has 0 spiro atoms. The zero-order valence-corrected chi connectivity index (χ0v) is 17.4. The summed E-state index contributed by atoms with van der Waals surface area (Å²) in [5.41, 5.74) is 2.93. The van der Waals surface area contributed by atoms with Gasteiger partial charge < -0.3 is 9.72 Å². The third-order valence-corrected chi connectivity index (χ3v) is 5.71. The topological polar surface area (TPSA) is 75.0 Å². The highest BCUT2D eigenvalue weighted by molar-refractivity contribution is 5.67. The van der Waals surface area contributed by atoms with E-state index in [1.807, 2.05) is 43.3 Å². The van der Waals surface area contributed by atoms with Crippen molar-refractivity contribution in [1.29, 1.82) is 0 Å². The van der Waals surface area contributed by atoms with E-state index >= 15 is 0 Å². The van der Waals surface area contributed by atoms with Gasteiger partial charge in [-0.3, -0.25) is 9.78 Å². The summed E-state index contributed by atoms with van der Waals surface area (Å²) >= 11 is 0. The lowest BCUT2D eigenvalue weighted by molar-refractivity contribution is 0.338. The number of allylic oxidation sites excluding steroid dienone is 2. The van der Waals surface area contributed by atoms with Gasteiger partial charge in [0.2, 0.25) is 0 Å². The second-order valence-electron chi connectivity index (χ2n) is 7.74. The first-order valence-electron chi connectivity index (χ1n) is 10.6. The fourth-order valence-corrected chi connectivity index (χ4v) is 4.21. The number of rotatable bonds is 6. The summed E-state index contributed by atoms with van der Waals surface area (Å²) in [4.78, 5) is 29.8. The van der Waals surface area contributed by atoms with E-state index in [9.17, 15) is 14.0 Å². The molecule has 5 nitrogen and oxygen atoms in total. The van der Waals surface area contributed by atoms with Crippen LogP contribution in [0.2, 0.25) is 0 Å². The van der Waals surface area contributed by atoms with Crippen LogP contribution < -0.4 is 16.0 Å². The van der Waals surface area contributed by atoms with E-state index < -0.39 is 5.69 Å². The van der Waals surface area contributed by atoms with Gasteiger partial charge in [-0.15, -0.1) is 0 Å². The Morgan fingerprint density at radius 2 is 1.90 bits per heavy atom. The van der Waals surface area contributed by atoms with Crippen molar-refractivity contribution >= 4 is 5.57 Å². The molecule has 6 heteroatoms. The van der Waals surface area contributed by atoms with Crippen LogP contribution in [0.15, 0.2) is 64.2 Å². The summed E-state index contributed by atoms with van der Waals surface area (Å²) in [6.45, 7) is 2.35. The van der Waals surface area contributed by atoms with Crippen molar-refractivity contribution in [3.63, 3.8) is 0 Å². The van der Waals surface area contributed by atoms with Crippen LogP contribution >= 0.6 is 0 Å². The lowest BCUT2D eigenvalue weighted by Gasteiger charge is -2.24. The van der Waals surface area contributed by atoms with Gasteiger partial charge in [0, 0.05) is 35.2 Å². The average molecular weight is 420 g/mol. The Morgan fingerprint density at radius 3 is 2.58 bits per heavy atom. The molecule has 160 valence electrons. The summed E-state index contributed by atoms with van der Waals surface area (Å²) in [6.07, 6.45) is 4.47. The summed E-state index contributed by atoms with van der Waals surface area (Å²) in [7, 11) is 0. The Morgan fingerprint density at radius 1 is 1.10 bits per heavy atom. The van der Waals surface area contributed by atoms with Gasteiger partial charge in [-0.2, -0.15) is 0 Å². The van der Waals surface area contributed by atoms with Crippen molar-refractivity contribution < 1.29 is 9.13 Å². The van der Waals surface area contributed by atoms with Crippen molar-refractivity contribution in [3.8, 4) is 5.75 Å². The van der Waals surface area contributed by atoms with E-state index in [1.165, 1.54) is 6.07 Å². The van der Waals surface area contributed by atoms with Gasteiger partial charge in [0.15, 0.2) is 0 Å². The highest BCUT2D eigenvalue weighted by Gasteiger charge is 2.23. The molecular weight excluding hydrogens is 395 g/mol. The predicted molar refractivity (Wildman–Crippen MR) is 119 cm³/mol. The molecule has 2 N–H and O–H groups in total. The molecule has 1 aliphatic rings. The van der Waals surface area contributed by atoms with Crippen LogP contribution in [-0.4, -0.2) is 16.6 Å². The van der Waals surface area contributed by atoms with Crippen molar-refractivity contribution in [2.24, 2.45) is 0 Å². The summed E-state index contributed by atoms with van der Waals surface area (Å²) < 4.78 is 19.9. The largest absolute Gasteiger partial charge is 0.494 e. The Hall–Kier alpha value is -3.41. The molecule has 0 fully saturated rings. The van der Waals surface area contributed by atoms with Crippen LogP contribution in [0.3, 0.4) is 0 Å². The molecule has 0 saturated heterocycles. The highest BCUT2D eigenvalue weighted by atomic mass is 19.1. The van der Waals surface area contributed by atoms with E-state index in [1.54, 1.807) is 12.1 Å². The average Bonchev–Trinajstić information content (AvgIpc) is 2.77. The van der Waals surface area contributed by atoms with Crippen molar-refractivity contribution in [3.05, 3.63) is 104 Å². The number of hydrogen-bond acceptors (Lipinski definition) is 3. The maximum Gasteiger partial charge on any atom is 0.325 e. The van der Waals surface area contributed by atoms with E-state index in [-0.39, 0.29) is 17.3 Å². The molecule has 1 unspecified atom stereocenters. The number of hydrogen-bond donors (Lipinski definition) is 2. The van der Waals surface area contributed by atoms with Crippen LogP contribution in [0, 0.1) is 5.82 Å². The molecule has 0 bridgehead atoms. The number of aromatic nitrogens is 2. The minimum atomic E-state index is -0.496. The molecule has 0 amide bonds. The molecule has 1 heterocycles. The highest BCUT2D eigenvalue weighted by Crippen LogP contribution is 2.37. The first kappa shape index (κ1) is 20.8. The molecular formula is C25H25FN2O3. The third kappa shape index (κ3) is 4.68. The monoisotopic (exact) mass is 420 g/mol. The third-order valence-electron chi connectivity index (χ3n) is 5.71. The van der Waals surface area contributed by atoms with Crippen LogP contribution in [0.1, 0.15) is 54.5 Å². The first-order valence-corrected chi connectivity index (χ1v) is 10.6. The lowest BCUT2D eigenvalue weighted by Crippen LogP contribution is -2.30. The molecule has 1 aromatic heterocycles. The van der Waals surface area contributed by atoms with E-state index in [4.69, 9.17) is 4.74 Å². The zero-order chi connectivity index (χ0) is 21.8. The molecule has 0 saturated carbocycles. The lowest BCUT2D eigenvalue weighted by atomic mass is 9.82. The van der Waals surface area contributed by atoms with E-state index in [2.05, 4.69) is 9.97 Å². The number of aromatic amines is 2. The summed E-state index contributed by atoms with van der Waals surface area (Å²) in [5.74, 6) is 0.220. The maximum absolute atomic E-state index is 14.6. The number of ether oxygens (including phenoxy) is 1. The number of H-pyrrole nitrogens is 2.